The molecule has 1 saturated heterocycles. The van der Waals surface area contributed by atoms with Crippen molar-refractivity contribution in [2.24, 2.45) is 0 Å². The van der Waals surface area contributed by atoms with E-state index in [-0.39, 0.29) is 11.9 Å². The second-order valence-corrected chi connectivity index (χ2v) is 6.73. The van der Waals surface area contributed by atoms with Crippen LogP contribution in [0.1, 0.15) is 22.8 Å². The van der Waals surface area contributed by atoms with Gasteiger partial charge >= 0.3 is 0 Å². The number of morpholine rings is 1. The van der Waals surface area contributed by atoms with Gasteiger partial charge in [-0.3, -0.25) is 4.90 Å². The average Bonchev–Trinajstić information content (AvgIpc) is 3.17. The molecule has 4 rings (SSSR count). The van der Waals surface area contributed by atoms with Crippen LogP contribution in [0, 0.1) is 12.7 Å². The molecule has 0 amide bonds. The van der Waals surface area contributed by atoms with Crippen molar-refractivity contribution in [3.8, 4) is 5.69 Å². The molecule has 1 aromatic heterocycles. The van der Waals surface area contributed by atoms with Crippen LogP contribution in [0.5, 0.6) is 0 Å². The monoisotopic (exact) mass is 351 g/mol. The zero-order valence-electron chi connectivity index (χ0n) is 14.8. The lowest BCUT2D eigenvalue weighted by atomic mass is 10.1. The third-order valence-electron chi connectivity index (χ3n) is 4.77. The van der Waals surface area contributed by atoms with Crippen molar-refractivity contribution in [2.75, 3.05) is 19.7 Å². The van der Waals surface area contributed by atoms with Gasteiger partial charge in [0.1, 0.15) is 5.82 Å². The van der Waals surface area contributed by atoms with Crippen molar-refractivity contribution in [2.45, 2.75) is 19.6 Å². The zero-order chi connectivity index (χ0) is 17.9. The smallest absolute Gasteiger partial charge is 0.123 e. The van der Waals surface area contributed by atoms with Crippen LogP contribution in [0.15, 0.2) is 60.9 Å². The van der Waals surface area contributed by atoms with Gasteiger partial charge < -0.3 is 4.74 Å². The maximum Gasteiger partial charge on any atom is 0.123 e. The standard InChI is InChI=1S/C21H22FN3O/c1-16-3-8-20(25-10-2-9-23-25)18(13-16)14-24-11-12-26-21(15-24)17-4-6-19(22)7-5-17/h2-10,13,21H,11-12,14-15H2,1H3. The van der Waals surface area contributed by atoms with E-state index in [0.717, 1.165) is 30.9 Å². The Kier molecular flexibility index (Phi) is 4.82. The van der Waals surface area contributed by atoms with Crippen molar-refractivity contribution in [3.05, 3.63) is 83.4 Å². The lowest BCUT2D eigenvalue weighted by molar-refractivity contribution is -0.0329. The maximum absolute atomic E-state index is 13.2. The molecule has 26 heavy (non-hydrogen) atoms. The summed E-state index contributed by atoms with van der Waals surface area (Å²) in [5.41, 5.74) is 4.60. The van der Waals surface area contributed by atoms with Gasteiger partial charge in [-0.15, -0.1) is 0 Å². The van der Waals surface area contributed by atoms with Crippen LogP contribution < -0.4 is 0 Å². The Morgan fingerprint density at radius 2 is 2.04 bits per heavy atom. The zero-order valence-corrected chi connectivity index (χ0v) is 14.8. The number of hydrogen-bond acceptors (Lipinski definition) is 3. The van der Waals surface area contributed by atoms with Crippen molar-refractivity contribution >= 4 is 0 Å². The molecule has 0 radical (unpaired) electrons. The fraction of sp³-hybridized carbons (Fsp3) is 0.286. The highest BCUT2D eigenvalue weighted by molar-refractivity contribution is 5.42. The third kappa shape index (κ3) is 3.69. The molecule has 0 bridgehead atoms. The van der Waals surface area contributed by atoms with Gasteiger partial charge in [0.05, 0.1) is 18.4 Å². The third-order valence-corrected chi connectivity index (χ3v) is 4.77. The summed E-state index contributed by atoms with van der Waals surface area (Å²) in [5, 5.41) is 4.38. The molecule has 1 atom stereocenters. The second kappa shape index (κ2) is 7.40. The van der Waals surface area contributed by atoms with Gasteiger partial charge in [0.2, 0.25) is 0 Å². The molecule has 0 saturated carbocycles. The largest absolute Gasteiger partial charge is 0.371 e. The summed E-state index contributed by atoms with van der Waals surface area (Å²) in [4.78, 5) is 2.39. The van der Waals surface area contributed by atoms with E-state index >= 15 is 0 Å². The molecule has 2 heterocycles. The van der Waals surface area contributed by atoms with E-state index in [2.05, 4.69) is 35.1 Å². The molecule has 4 nitrogen and oxygen atoms in total. The quantitative estimate of drug-likeness (QED) is 0.714. The van der Waals surface area contributed by atoms with Gasteiger partial charge in [0.15, 0.2) is 0 Å². The molecule has 2 aromatic carbocycles. The van der Waals surface area contributed by atoms with Crippen molar-refractivity contribution in [3.63, 3.8) is 0 Å². The Morgan fingerprint density at radius 3 is 2.81 bits per heavy atom. The summed E-state index contributed by atoms with van der Waals surface area (Å²) in [6.45, 7) is 5.28. The van der Waals surface area contributed by atoms with Crippen LogP contribution in [-0.2, 0) is 11.3 Å². The van der Waals surface area contributed by atoms with Crippen molar-refractivity contribution in [1.29, 1.82) is 0 Å². The van der Waals surface area contributed by atoms with Gasteiger partial charge in [0, 0.05) is 32.0 Å². The molecule has 3 aromatic rings. The first kappa shape index (κ1) is 16.9. The highest BCUT2D eigenvalue weighted by Crippen LogP contribution is 2.25. The molecule has 1 aliphatic heterocycles. The summed E-state index contributed by atoms with van der Waals surface area (Å²) in [6.07, 6.45) is 3.74. The SMILES string of the molecule is Cc1ccc(-n2cccn2)c(CN2CCOC(c3ccc(F)cc3)C2)c1. The number of hydrogen-bond donors (Lipinski definition) is 0. The first-order valence-corrected chi connectivity index (χ1v) is 8.88. The highest BCUT2D eigenvalue weighted by Gasteiger charge is 2.23. The van der Waals surface area contributed by atoms with E-state index in [1.165, 1.54) is 23.3 Å². The predicted octanol–water partition coefficient (Wildman–Crippen LogP) is 3.89. The first-order valence-electron chi connectivity index (χ1n) is 8.88. The summed E-state index contributed by atoms with van der Waals surface area (Å²) < 4.78 is 21.0. The summed E-state index contributed by atoms with van der Waals surface area (Å²) >= 11 is 0. The normalized spacial score (nSPS) is 18.2. The van der Waals surface area contributed by atoms with Crippen molar-refractivity contribution in [1.82, 2.24) is 14.7 Å². The molecular weight excluding hydrogens is 329 g/mol. The highest BCUT2D eigenvalue weighted by atomic mass is 19.1. The van der Waals surface area contributed by atoms with E-state index in [0.29, 0.717) is 6.61 Å². The van der Waals surface area contributed by atoms with E-state index < -0.39 is 0 Å². The minimum atomic E-state index is -0.218. The fourth-order valence-corrected chi connectivity index (χ4v) is 3.44. The Balaban J connectivity index is 1.54. The van der Waals surface area contributed by atoms with Gasteiger partial charge in [-0.25, -0.2) is 9.07 Å². The molecule has 1 unspecified atom stereocenters. The number of ether oxygens (including phenoxy) is 1. The minimum absolute atomic E-state index is 0.0256. The number of benzene rings is 2. The molecular formula is C21H22FN3O. The maximum atomic E-state index is 13.2. The predicted molar refractivity (Wildman–Crippen MR) is 98.7 cm³/mol. The van der Waals surface area contributed by atoms with Crippen LogP contribution >= 0.6 is 0 Å². The van der Waals surface area contributed by atoms with Gasteiger partial charge in [-0.2, -0.15) is 5.10 Å². The lowest BCUT2D eigenvalue weighted by Gasteiger charge is -2.33. The molecule has 134 valence electrons. The Hall–Kier alpha value is -2.50. The summed E-state index contributed by atoms with van der Waals surface area (Å²) in [7, 11) is 0. The number of aromatic nitrogens is 2. The van der Waals surface area contributed by atoms with Crippen LogP contribution in [0.4, 0.5) is 4.39 Å². The molecule has 0 spiro atoms. The molecule has 1 aliphatic rings. The first-order chi connectivity index (χ1) is 12.7. The number of aryl methyl sites for hydroxylation is 1. The fourth-order valence-electron chi connectivity index (χ4n) is 3.44. The summed E-state index contributed by atoms with van der Waals surface area (Å²) in [5.74, 6) is -0.218. The molecule has 0 N–H and O–H groups in total. The molecule has 0 aliphatic carbocycles. The van der Waals surface area contributed by atoms with Gasteiger partial charge in [0.25, 0.3) is 0 Å². The topological polar surface area (TPSA) is 30.3 Å². The van der Waals surface area contributed by atoms with Gasteiger partial charge in [-0.05, 0) is 42.3 Å². The minimum Gasteiger partial charge on any atom is -0.371 e. The summed E-state index contributed by atoms with van der Waals surface area (Å²) in [6, 6.07) is 15.0. The van der Waals surface area contributed by atoms with Crippen LogP contribution in [-0.4, -0.2) is 34.4 Å². The van der Waals surface area contributed by atoms with Gasteiger partial charge in [-0.1, -0.05) is 29.8 Å². The van der Waals surface area contributed by atoms with Crippen LogP contribution in [0.3, 0.4) is 0 Å². The number of halogens is 1. The Morgan fingerprint density at radius 1 is 1.19 bits per heavy atom. The van der Waals surface area contributed by atoms with E-state index in [4.69, 9.17) is 4.74 Å². The Bertz CT molecular complexity index is 861. The van der Waals surface area contributed by atoms with E-state index in [9.17, 15) is 4.39 Å². The second-order valence-electron chi connectivity index (χ2n) is 6.73. The molecule has 1 fully saturated rings. The number of rotatable bonds is 4. The van der Waals surface area contributed by atoms with Crippen molar-refractivity contribution < 1.29 is 9.13 Å². The Labute approximate surface area is 152 Å². The van der Waals surface area contributed by atoms with E-state index in [1.54, 1.807) is 6.20 Å². The van der Waals surface area contributed by atoms with Crippen LogP contribution in [0.25, 0.3) is 5.69 Å². The van der Waals surface area contributed by atoms with Crippen LogP contribution in [0.2, 0.25) is 0 Å². The molecule has 5 heteroatoms. The van der Waals surface area contributed by atoms with E-state index in [1.807, 2.05) is 29.1 Å². The lowest BCUT2D eigenvalue weighted by Crippen LogP contribution is -2.38. The average molecular weight is 351 g/mol. The number of nitrogens with zero attached hydrogens (tertiary/aromatic N) is 3.